The Hall–Kier alpha value is -1.72. The number of nitrogens with two attached hydrogens (primary N) is 1. The third kappa shape index (κ3) is 3.68. The Balaban J connectivity index is 2.27. The molecule has 1 aromatic heterocycles. The molecule has 0 saturated heterocycles. The van der Waals surface area contributed by atoms with Gasteiger partial charge in [0.1, 0.15) is 16.6 Å². The molecule has 0 fully saturated rings. The van der Waals surface area contributed by atoms with Crippen LogP contribution in [-0.4, -0.2) is 9.97 Å². The predicted octanol–water partition coefficient (Wildman–Crippen LogP) is 3.74. The molecule has 0 saturated carbocycles. The molecule has 0 unspecified atom stereocenters. The van der Waals surface area contributed by atoms with Gasteiger partial charge in [-0.25, -0.2) is 9.37 Å². The third-order valence-electron chi connectivity index (χ3n) is 3.04. The minimum atomic E-state index is -0.436. The van der Waals surface area contributed by atoms with E-state index in [2.05, 4.69) is 10.3 Å². The van der Waals surface area contributed by atoms with Crippen LogP contribution in [0, 0.1) is 19.7 Å². The second-order valence-electron chi connectivity index (χ2n) is 4.77. The van der Waals surface area contributed by atoms with Crippen molar-refractivity contribution in [3.63, 3.8) is 0 Å². The number of nitrogens with zero attached hydrogens (tertiary/aromatic N) is 1. The molecule has 21 heavy (non-hydrogen) atoms. The number of pyridine rings is 1. The number of benzene rings is 1. The summed E-state index contributed by atoms with van der Waals surface area (Å²) >= 11 is 10.8. The molecule has 3 N–H and O–H groups in total. The Morgan fingerprint density at radius 2 is 2.10 bits per heavy atom. The highest BCUT2D eigenvalue weighted by Gasteiger charge is 2.11. The molecule has 1 heterocycles. The summed E-state index contributed by atoms with van der Waals surface area (Å²) in [7, 11) is 0. The van der Waals surface area contributed by atoms with Crippen LogP contribution in [0.25, 0.3) is 0 Å². The van der Waals surface area contributed by atoms with E-state index in [1.54, 1.807) is 12.1 Å². The Bertz CT molecular complexity index is 704. The molecule has 1 aromatic carbocycles. The zero-order chi connectivity index (χ0) is 15.6. The standard InChI is InChI=1S/C15H15ClFN3S/c1-8-5-9(2)20-15(13(8)14(18)21)19-7-10-3-4-12(17)11(16)6-10/h3-6H,7H2,1-2H3,(H2,18,21)(H,19,20). The van der Waals surface area contributed by atoms with Crippen LogP contribution in [0.15, 0.2) is 24.3 Å². The monoisotopic (exact) mass is 323 g/mol. The zero-order valence-corrected chi connectivity index (χ0v) is 13.3. The lowest BCUT2D eigenvalue weighted by molar-refractivity contribution is 0.627. The van der Waals surface area contributed by atoms with Crippen molar-refractivity contribution in [1.29, 1.82) is 0 Å². The third-order valence-corrected chi connectivity index (χ3v) is 3.53. The van der Waals surface area contributed by atoms with Crippen LogP contribution in [0.2, 0.25) is 5.02 Å². The summed E-state index contributed by atoms with van der Waals surface area (Å²) in [6.07, 6.45) is 0. The first kappa shape index (κ1) is 15.7. The molecule has 6 heteroatoms. The van der Waals surface area contributed by atoms with Crippen LogP contribution in [-0.2, 0) is 6.54 Å². The van der Waals surface area contributed by atoms with E-state index in [-0.39, 0.29) is 5.02 Å². The van der Waals surface area contributed by atoms with Gasteiger partial charge in [0, 0.05) is 12.2 Å². The SMILES string of the molecule is Cc1cc(C)c(C(N)=S)c(NCc2ccc(F)c(Cl)c2)n1. The molecule has 0 aliphatic heterocycles. The molecule has 0 spiro atoms. The van der Waals surface area contributed by atoms with Crippen LogP contribution in [0.4, 0.5) is 10.2 Å². The summed E-state index contributed by atoms with van der Waals surface area (Å²) in [5.74, 6) is 0.189. The number of thiocarbonyl (C=S) groups is 1. The first-order valence-electron chi connectivity index (χ1n) is 6.34. The number of halogens is 2. The molecular weight excluding hydrogens is 309 g/mol. The second-order valence-corrected chi connectivity index (χ2v) is 5.62. The Morgan fingerprint density at radius 1 is 1.38 bits per heavy atom. The first-order chi connectivity index (χ1) is 9.88. The van der Waals surface area contributed by atoms with Crippen LogP contribution < -0.4 is 11.1 Å². The van der Waals surface area contributed by atoms with Gasteiger partial charge in [0.2, 0.25) is 0 Å². The smallest absolute Gasteiger partial charge is 0.141 e. The van der Waals surface area contributed by atoms with Crippen LogP contribution >= 0.6 is 23.8 Å². The van der Waals surface area contributed by atoms with E-state index in [4.69, 9.17) is 29.6 Å². The quantitative estimate of drug-likeness (QED) is 0.842. The van der Waals surface area contributed by atoms with Crippen molar-refractivity contribution in [2.24, 2.45) is 5.73 Å². The minimum Gasteiger partial charge on any atom is -0.389 e. The average Bonchev–Trinajstić information content (AvgIpc) is 2.38. The number of hydrogen-bond donors (Lipinski definition) is 2. The van der Waals surface area contributed by atoms with E-state index in [9.17, 15) is 4.39 Å². The van der Waals surface area contributed by atoms with Crippen molar-refractivity contribution in [3.8, 4) is 0 Å². The molecule has 0 atom stereocenters. The summed E-state index contributed by atoms with van der Waals surface area (Å²) in [6.45, 7) is 4.28. The van der Waals surface area contributed by atoms with E-state index in [1.165, 1.54) is 6.07 Å². The first-order valence-corrected chi connectivity index (χ1v) is 7.13. The van der Waals surface area contributed by atoms with E-state index < -0.39 is 5.82 Å². The lowest BCUT2D eigenvalue weighted by Gasteiger charge is -2.14. The molecule has 3 nitrogen and oxygen atoms in total. The van der Waals surface area contributed by atoms with Gasteiger partial charge in [-0.1, -0.05) is 29.9 Å². The highest BCUT2D eigenvalue weighted by Crippen LogP contribution is 2.21. The summed E-state index contributed by atoms with van der Waals surface area (Å²) in [5, 5.41) is 3.27. The maximum absolute atomic E-state index is 13.1. The van der Waals surface area contributed by atoms with E-state index >= 15 is 0 Å². The summed E-state index contributed by atoms with van der Waals surface area (Å²) in [4.78, 5) is 4.72. The van der Waals surface area contributed by atoms with Crippen molar-refractivity contribution in [3.05, 3.63) is 57.5 Å². The van der Waals surface area contributed by atoms with Crippen molar-refractivity contribution >= 4 is 34.6 Å². The number of rotatable bonds is 4. The second kappa shape index (κ2) is 6.37. The Kier molecular flexibility index (Phi) is 4.75. The maximum Gasteiger partial charge on any atom is 0.141 e. The van der Waals surface area contributed by atoms with Crippen molar-refractivity contribution in [1.82, 2.24) is 4.98 Å². The number of aromatic nitrogens is 1. The largest absolute Gasteiger partial charge is 0.389 e. The van der Waals surface area contributed by atoms with Gasteiger partial charge in [-0.3, -0.25) is 0 Å². The molecule has 0 aliphatic carbocycles. The van der Waals surface area contributed by atoms with Gasteiger partial charge < -0.3 is 11.1 Å². The fourth-order valence-electron chi connectivity index (χ4n) is 2.11. The fourth-order valence-corrected chi connectivity index (χ4v) is 2.57. The van der Waals surface area contributed by atoms with Gasteiger partial charge in [0.15, 0.2) is 0 Å². The molecule has 2 aromatic rings. The summed E-state index contributed by atoms with van der Waals surface area (Å²) in [6, 6.07) is 6.50. The molecule has 0 aliphatic rings. The van der Waals surface area contributed by atoms with E-state index in [0.717, 1.165) is 22.4 Å². The molecular formula is C15H15ClFN3S. The zero-order valence-electron chi connectivity index (χ0n) is 11.7. The lowest BCUT2D eigenvalue weighted by Crippen LogP contribution is -2.16. The average molecular weight is 324 g/mol. The number of aryl methyl sites for hydroxylation is 2. The lowest BCUT2D eigenvalue weighted by atomic mass is 10.1. The molecule has 0 bridgehead atoms. The predicted molar refractivity (Wildman–Crippen MR) is 88.3 cm³/mol. The molecule has 110 valence electrons. The molecule has 2 rings (SSSR count). The van der Waals surface area contributed by atoms with Gasteiger partial charge in [0.05, 0.1) is 10.6 Å². The van der Waals surface area contributed by atoms with Crippen LogP contribution in [0.1, 0.15) is 22.4 Å². The van der Waals surface area contributed by atoms with Crippen molar-refractivity contribution in [2.75, 3.05) is 5.32 Å². The van der Waals surface area contributed by atoms with Gasteiger partial charge in [-0.15, -0.1) is 0 Å². The van der Waals surface area contributed by atoms with E-state index in [0.29, 0.717) is 17.4 Å². The van der Waals surface area contributed by atoms with Crippen LogP contribution in [0.5, 0.6) is 0 Å². The highest BCUT2D eigenvalue weighted by atomic mass is 35.5. The van der Waals surface area contributed by atoms with Crippen LogP contribution in [0.3, 0.4) is 0 Å². The molecule has 0 amide bonds. The maximum atomic E-state index is 13.1. The Labute approximate surface area is 133 Å². The summed E-state index contributed by atoms with van der Waals surface area (Å²) < 4.78 is 13.1. The fraction of sp³-hybridized carbons (Fsp3) is 0.200. The minimum absolute atomic E-state index is 0.0947. The number of nitrogens with one attached hydrogen (secondary N) is 1. The van der Waals surface area contributed by atoms with Crippen molar-refractivity contribution in [2.45, 2.75) is 20.4 Å². The number of anilines is 1. The summed E-state index contributed by atoms with van der Waals surface area (Å²) in [5.41, 5.74) is 9.16. The highest BCUT2D eigenvalue weighted by molar-refractivity contribution is 7.80. The van der Waals surface area contributed by atoms with E-state index in [1.807, 2.05) is 19.9 Å². The van der Waals surface area contributed by atoms with Gasteiger partial charge in [0.25, 0.3) is 0 Å². The van der Waals surface area contributed by atoms with Gasteiger partial charge in [-0.05, 0) is 43.2 Å². The van der Waals surface area contributed by atoms with Crippen molar-refractivity contribution < 1.29 is 4.39 Å². The normalized spacial score (nSPS) is 10.5. The Morgan fingerprint density at radius 3 is 2.71 bits per heavy atom. The van der Waals surface area contributed by atoms with Gasteiger partial charge >= 0.3 is 0 Å². The topological polar surface area (TPSA) is 50.9 Å². The number of hydrogen-bond acceptors (Lipinski definition) is 3. The van der Waals surface area contributed by atoms with Gasteiger partial charge in [-0.2, -0.15) is 0 Å². The molecule has 0 radical (unpaired) electrons.